The highest BCUT2D eigenvalue weighted by Crippen LogP contribution is 2.51. The second kappa shape index (κ2) is 3.09. The minimum Gasteiger partial charge on any atom is -0.375 e. The van der Waals surface area contributed by atoms with E-state index in [9.17, 15) is 5.11 Å². The number of epoxide rings is 1. The Morgan fingerprint density at radius 2 is 2.14 bits per heavy atom. The fourth-order valence-electron chi connectivity index (χ4n) is 1.58. The van der Waals surface area contributed by atoms with Crippen molar-refractivity contribution in [3.8, 4) is 6.07 Å². The molecule has 3 nitrogen and oxygen atoms in total. The van der Waals surface area contributed by atoms with Crippen molar-refractivity contribution in [1.29, 1.82) is 5.26 Å². The van der Waals surface area contributed by atoms with Gasteiger partial charge >= 0.3 is 0 Å². The molecule has 72 valence electrons. The number of ether oxygens (including phenoxy) is 1. The molecular formula is C11H11NO2. The predicted molar refractivity (Wildman–Crippen MR) is 50.3 cm³/mol. The van der Waals surface area contributed by atoms with Crippen molar-refractivity contribution >= 4 is 0 Å². The van der Waals surface area contributed by atoms with Gasteiger partial charge < -0.3 is 9.84 Å². The highest BCUT2D eigenvalue weighted by molar-refractivity contribution is 5.28. The number of hydrogen-bond donors (Lipinski definition) is 1. The molecule has 1 N–H and O–H groups in total. The van der Waals surface area contributed by atoms with Gasteiger partial charge in [-0.15, -0.1) is 0 Å². The standard InChI is InChI=1S/C11H11NO2/c1-11(9(13)7-12)10(14-11)8-5-3-2-4-6-8/h2-6,9-10,13H,1H3/t9-,10-,11-/m0/s1. The molecule has 0 spiro atoms. The van der Waals surface area contributed by atoms with Crippen LogP contribution in [0.25, 0.3) is 0 Å². The zero-order valence-electron chi connectivity index (χ0n) is 7.84. The molecule has 1 aliphatic rings. The van der Waals surface area contributed by atoms with Crippen molar-refractivity contribution in [2.75, 3.05) is 0 Å². The molecule has 0 amide bonds. The van der Waals surface area contributed by atoms with Gasteiger partial charge in [-0.25, -0.2) is 0 Å². The molecule has 0 unspecified atom stereocenters. The Hall–Kier alpha value is -1.37. The smallest absolute Gasteiger partial charge is 0.172 e. The van der Waals surface area contributed by atoms with Gasteiger partial charge in [0.2, 0.25) is 0 Å². The summed E-state index contributed by atoms with van der Waals surface area (Å²) >= 11 is 0. The van der Waals surface area contributed by atoms with Crippen molar-refractivity contribution in [1.82, 2.24) is 0 Å². The van der Waals surface area contributed by atoms with Crippen LogP contribution in [0, 0.1) is 11.3 Å². The van der Waals surface area contributed by atoms with E-state index in [2.05, 4.69) is 0 Å². The maximum atomic E-state index is 9.40. The van der Waals surface area contributed by atoms with Gasteiger partial charge in [-0.1, -0.05) is 30.3 Å². The Labute approximate surface area is 82.6 Å². The van der Waals surface area contributed by atoms with Crippen LogP contribution < -0.4 is 0 Å². The quantitative estimate of drug-likeness (QED) is 0.565. The Kier molecular flexibility index (Phi) is 2.03. The van der Waals surface area contributed by atoms with E-state index in [-0.39, 0.29) is 6.10 Å². The van der Waals surface area contributed by atoms with Crippen LogP contribution in [0.5, 0.6) is 0 Å². The molecule has 1 aromatic rings. The summed E-state index contributed by atoms with van der Waals surface area (Å²) in [6, 6.07) is 11.4. The first kappa shape index (κ1) is 9.20. The SMILES string of the molecule is C[C@@]1([C@@H](O)C#N)O[C@H]1c1ccccc1. The molecule has 1 saturated heterocycles. The molecule has 3 heteroatoms. The number of nitrogens with zero attached hydrogens (tertiary/aromatic N) is 1. The fourth-order valence-corrected chi connectivity index (χ4v) is 1.58. The Bertz CT molecular complexity index is 371. The third-order valence-electron chi connectivity index (χ3n) is 2.60. The van der Waals surface area contributed by atoms with Gasteiger partial charge in [0.15, 0.2) is 6.10 Å². The van der Waals surface area contributed by atoms with Gasteiger partial charge in [-0.2, -0.15) is 5.26 Å². The molecule has 1 aliphatic heterocycles. The average molecular weight is 189 g/mol. The highest BCUT2D eigenvalue weighted by Gasteiger charge is 2.58. The Morgan fingerprint density at radius 3 is 2.71 bits per heavy atom. The summed E-state index contributed by atoms with van der Waals surface area (Å²) in [6.45, 7) is 1.75. The third-order valence-corrected chi connectivity index (χ3v) is 2.60. The van der Waals surface area contributed by atoms with Crippen LogP contribution in [-0.2, 0) is 4.74 Å². The molecule has 1 aromatic carbocycles. The van der Waals surface area contributed by atoms with Crippen molar-refractivity contribution in [2.45, 2.75) is 24.7 Å². The Balaban J connectivity index is 2.17. The lowest BCUT2D eigenvalue weighted by atomic mass is 9.96. The minimum atomic E-state index is -1.06. The number of benzene rings is 1. The second-order valence-electron chi connectivity index (χ2n) is 3.62. The van der Waals surface area contributed by atoms with E-state index in [4.69, 9.17) is 10.00 Å². The van der Waals surface area contributed by atoms with E-state index < -0.39 is 11.7 Å². The van der Waals surface area contributed by atoms with Crippen LogP contribution in [-0.4, -0.2) is 16.8 Å². The maximum Gasteiger partial charge on any atom is 0.172 e. The number of rotatable bonds is 2. The summed E-state index contributed by atoms with van der Waals surface area (Å²) in [4.78, 5) is 0. The lowest BCUT2D eigenvalue weighted by Crippen LogP contribution is -2.25. The van der Waals surface area contributed by atoms with Crippen molar-refractivity contribution < 1.29 is 9.84 Å². The van der Waals surface area contributed by atoms with Gasteiger partial charge in [0.1, 0.15) is 11.7 Å². The molecule has 3 atom stereocenters. The number of aliphatic hydroxyl groups is 1. The van der Waals surface area contributed by atoms with E-state index in [1.54, 1.807) is 13.0 Å². The highest BCUT2D eigenvalue weighted by atomic mass is 16.6. The van der Waals surface area contributed by atoms with Crippen molar-refractivity contribution in [3.05, 3.63) is 35.9 Å². The zero-order valence-corrected chi connectivity index (χ0v) is 7.84. The maximum absolute atomic E-state index is 9.40. The summed E-state index contributed by atoms with van der Waals surface area (Å²) in [5.41, 5.74) is 0.278. The third kappa shape index (κ3) is 1.29. The predicted octanol–water partition coefficient (Wildman–Crippen LogP) is 1.40. The van der Waals surface area contributed by atoms with E-state index in [1.807, 2.05) is 30.3 Å². The van der Waals surface area contributed by atoms with E-state index >= 15 is 0 Å². The van der Waals surface area contributed by atoms with Crippen molar-refractivity contribution in [3.63, 3.8) is 0 Å². The monoisotopic (exact) mass is 189 g/mol. The lowest BCUT2D eigenvalue weighted by Gasteiger charge is -2.06. The first-order valence-electron chi connectivity index (χ1n) is 4.49. The molecule has 0 aliphatic carbocycles. The van der Waals surface area contributed by atoms with Gasteiger partial charge in [0, 0.05) is 0 Å². The first-order chi connectivity index (χ1) is 6.68. The van der Waals surface area contributed by atoms with Gasteiger partial charge in [-0.3, -0.25) is 0 Å². The summed E-state index contributed by atoms with van der Waals surface area (Å²) < 4.78 is 5.37. The molecule has 2 rings (SSSR count). The van der Waals surface area contributed by atoms with Gasteiger partial charge in [0.25, 0.3) is 0 Å². The average Bonchev–Trinajstić information content (AvgIpc) is 2.92. The van der Waals surface area contributed by atoms with E-state index in [0.717, 1.165) is 5.56 Å². The van der Waals surface area contributed by atoms with Crippen LogP contribution in [0.4, 0.5) is 0 Å². The molecule has 0 bridgehead atoms. The lowest BCUT2D eigenvalue weighted by molar-refractivity contribution is 0.129. The van der Waals surface area contributed by atoms with E-state index in [1.165, 1.54) is 0 Å². The molecule has 0 aromatic heterocycles. The number of hydrogen-bond acceptors (Lipinski definition) is 3. The zero-order chi connectivity index (χ0) is 10.2. The summed E-state index contributed by atoms with van der Waals surface area (Å²) in [6.07, 6.45) is -1.22. The Morgan fingerprint density at radius 1 is 1.50 bits per heavy atom. The number of aliphatic hydroxyl groups excluding tert-OH is 1. The van der Waals surface area contributed by atoms with Crippen LogP contribution in [0.15, 0.2) is 30.3 Å². The normalized spacial score (nSPS) is 31.9. The summed E-state index contributed by atoms with van der Waals surface area (Å²) in [5, 5.41) is 18.0. The van der Waals surface area contributed by atoms with Gasteiger partial charge in [0.05, 0.1) is 6.07 Å². The largest absolute Gasteiger partial charge is 0.375 e. The van der Waals surface area contributed by atoms with Crippen LogP contribution in [0.2, 0.25) is 0 Å². The van der Waals surface area contributed by atoms with Gasteiger partial charge in [-0.05, 0) is 12.5 Å². The molecule has 0 radical (unpaired) electrons. The molecule has 0 saturated carbocycles. The molecule has 1 fully saturated rings. The summed E-state index contributed by atoms with van der Waals surface area (Å²) in [5.74, 6) is 0. The fraction of sp³-hybridized carbons (Fsp3) is 0.364. The topological polar surface area (TPSA) is 56.5 Å². The van der Waals surface area contributed by atoms with Crippen LogP contribution in [0.1, 0.15) is 18.6 Å². The molecule has 1 heterocycles. The number of nitriles is 1. The van der Waals surface area contributed by atoms with Crippen molar-refractivity contribution in [2.24, 2.45) is 0 Å². The minimum absolute atomic E-state index is 0.154. The molecular weight excluding hydrogens is 178 g/mol. The first-order valence-corrected chi connectivity index (χ1v) is 4.49. The van der Waals surface area contributed by atoms with Crippen LogP contribution in [0.3, 0.4) is 0 Å². The van der Waals surface area contributed by atoms with Crippen LogP contribution >= 0.6 is 0 Å². The van der Waals surface area contributed by atoms with E-state index in [0.29, 0.717) is 0 Å². The summed E-state index contributed by atoms with van der Waals surface area (Å²) in [7, 11) is 0. The second-order valence-corrected chi connectivity index (χ2v) is 3.62. The molecule has 14 heavy (non-hydrogen) atoms.